The predicted octanol–water partition coefficient (Wildman–Crippen LogP) is 4.26. The lowest BCUT2D eigenvalue weighted by molar-refractivity contribution is 0.723. The summed E-state index contributed by atoms with van der Waals surface area (Å²) in [6.45, 7) is 4.98. The summed E-state index contributed by atoms with van der Waals surface area (Å²) in [5, 5.41) is 5.53. The Morgan fingerprint density at radius 2 is 2.16 bits per heavy atom. The van der Waals surface area contributed by atoms with Gasteiger partial charge in [-0.2, -0.15) is 0 Å². The van der Waals surface area contributed by atoms with Crippen molar-refractivity contribution in [3.8, 4) is 0 Å². The number of nitrogens with zero attached hydrogens (tertiary/aromatic N) is 1. The van der Waals surface area contributed by atoms with E-state index in [1.54, 1.807) is 11.3 Å². The van der Waals surface area contributed by atoms with Crippen LogP contribution >= 0.6 is 27.3 Å². The second kappa shape index (κ2) is 7.08. The number of hydrogen-bond acceptors (Lipinski definition) is 3. The summed E-state index contributed by atoms with van der Waals surface area (Å²) >= 11 is 5.36. The van der Waals surface area contributed by atoms with E-state index in [-0.39, 0.29) is 0 Å². The standard InChI is InChI=1S/C15H19BrN2S/c1-3-17-10-12-9-13(16)6-7-15(12)18(2)11-14-5-4-8-19-14/h4-9,17H,3,10-11H2,1-2H3. The molecule has 4 heteroatoms. The first kappa shape index (κ1) is 14.6. The third-order valence-corrected chi connectivity index (χ3v) is 4.35. The Bertz CT molecular complexity index is 511. The van der Waals surface area contributed by atoms with Gasteiger partial charge in [-0.3, -0.25) is 0 Å². The molecule has 102 valence electrons. The molecule has 0 bridgehead atoms. The van der Waals surface area contributed by atoms with Crippen molar-refractivity contribution in [2.24, 2.45) is 0 Å². The average molecular weight is 339 g/mol. The molecule has 1 aromatic carbocycles. The molecule has 1 aromatic heterocycles. The molecular formula is C15H19BrN2S. The normalized spacial score (nSPS) is 10.7. The van der Waals surface area contributed by atoms with Crippen LogP contribution in [0.1, 0.15) is 17.4 Å². The molecule has 1 N–H and O–H groups in total. The number of benzene rings is 1. The van der Waals surface area contributed by atoms with Crippen LogP contribution in [0.2, 0.25) is 0 Å². The van der Waals surface area contributed by atoms with E-state index in [0.29, 0.717) is 0 Å². The molecule has 0 unspecified atom stereocenters. The molecule has 0 saturated carbocycles. The van der Waals surface area contributed by atoms with Crippen LogP contribution in [-0.4, -0.2) is 13.6 Å². The summed E-state index contributed by atoms with van der Waals surface area (Å²) in [6.07, 6.45) is 0. The molecule has 1 heterocycles. The average Bonchev–Trinajstić information content (AvgIpc) is 2.89. The van der Waals surface area contributed by atoms with Gasteiger partial charge in [0.05, 0.1) is 6.54 Å². The SMILES string of the molecule is CCNCc1cc(Br)ccc1N(C)Cc1cccs1. The quantitative estimate of drug-likeness (QED) is 0.846. The molecule has 2 rings (SSSR count). The molecule has 0 aliphatic rings. The Morgan fingerprint density at radius 3 is 2.84 bits per heavy atom. The fourth-order valence-corrected chi connectivity index (χ4v) is 3.21. The van der Waals surface area contributed by atoms with Crippen LogP contribution in [-0.2, 0) is 13.1 Å². The molecular weight excluding hydrogens is 320 g/mol. The monoisotopic (exact) mass is 338 g/mol. The highest BCUT2D eigenvalue weighted by atomic mass is 79.9. The number of hydrogen-bond donors (Lipinski definition) is 1. The molecule has 0 spiro atoms. The Labute approximate surface area is 127 Å². The highest BCUT2D eigenvalue weighted by molar-refractivity contribution is 9.10. The molecule has 19 heavy (non-hydrogen) atoms. The number of rotatable bonds is 6. The van der Waals surface area contributed by atoms with Crippen LogP contribution < -0.4 is 10.2 Å². The summed E-state index contributed by atoms with van der Waals surface area (Å²) < 4.78 is 1.13. The summed E-state index contributed by atoms with van der Waals surface area (Å²) in [6, 6.07) is 10.8. The summed E-state index contributed by atoms with van der Waals surface area (Å²) in [7, 11) is 2.15. The minimum atomic E-state index is 0.903. The van der Waals surface area contributed by atoms with Gasteiger partial charge in [0.2, 0.25) is 0 Å². The Hall–Kier alpha value is -0.840. The van der Waals surface area contributed by atoms with E-state index in [1.165, 1.54) is 16.1 Å². The van der Waals surface area contributed by atoms with E-state index in [1.807, 2.05) is 0 Å². The van der Waals surface area contributed by atoms with Gasteiger partial charge in [0.15, 0.2) is 0 Å². The fourth-order valence-electron chi connectivity index (χ4n) is 2.05. The first-order valence-electron chi connectivity index (χ1n) is 6.43. The minimum Gasteiger partial charge on any atom is -0.369 e. The lowest BCUT2D eigenvalue weighted by Gasteiger charge is -2.22. The number of anilines is 1. The minimum absolute atomic E-state index is 0.903. The van der Waals surface area contributed by atoms with Crippen molar-refractivity contribution in [2.75, 3.05) is 18.5 Å². The van der Waals surface area contributed by atoms with Gasteiger partial charge >= 0.3 is 0 Å². The van der Waals surface area contributed by atoms with Gasteiger partial charge in [-0.15, -0.1) is 11.3 Å². The van der Waals surface area contributed by atoms with Crippen molar-refractivity contribution >= 4 is 33.0 Å². The zero-order valence-corrected chi connectivity index (χ0v) is 13.7. The molecule has 0 saturated heterocycles. The van der Waals surface area contributed by atoms with Crippen molar-refractivity contribution < 1.29 is 0 Å². The molecule has 0 fully saturated rings. The number of thiophene rings is 1. The van der Waals surface area contributed by atoms with Gasteiger partial charge in [0.25, 0.3) is 0 Å². The van der Waals surface area contributed by atoms with E-state index in [0.717, 1.165) is 24.1 Å². The second-order valence-electron chi connectivity index (χ2n) is 4.49. The van der Waals surface area contributed by atoms with E-state index in [2.05, 4.69) is 75.8 Å². The molecule has 0 amide bonds. The molecule has 2 aromatic rings. The molecule has 2 nitrogen and oxygen atoms in total. The van der Waals surface area contributed by atoms with Crippen LogP contribution in [0.15, 0.2) is 40.2 Å². The maximum atomic E-state index is 3.55. The second-order valence-corrected chi connectivity index (χ2v) is 6.44. The van der Waals surface area contributed by atoms with Gasteiger partial charge in [0, 0.05) is 28.6 Å². The molecule has 0 atom stereocenters. The Balaban J connectivity index is 2.17. The predicted molar refractivity (Wildman–Crippen MR) is 87.9 cm³/mol. The summed E-state index contributed by atoms with van der Waals surface area (Å²) in [5.74, 6) is 0. The summed E-state index contributed by atoms with van der Waals surface area (Å²) in [4.78, 5) is 3.70. The number of nitrogens with one attached hydrogen (secondary N) is 1. The van der Waals surface area contributed by atoms with Crippen LogP contribution in [0, 0.1) is 0 Å². The third kappa shape index (κ3) is 4.06. The van der Waals surface area contributed by atoms with E-state index < -0.39 is 0 Å². The van der Waals surface area contributed by atoms with E-state index in [9.17, 15) is 0 Å². The highest BCUT2D eigenvalue weighted by Crippen LogP contribution is 2.25. The van der Waals surface area contributed by atoms with Crippen LogP contribution in [0.3, 0.4) is 0 Å². The van der Waals surface area contributed by atoms with Crippen LogP contribution in [0.5, 0.6) is 0 Å². The fraction of sp³-hybridized carbons (Fsp3) is 0.333. The zero-order chi connectivity index (χ0) is 13.7. The van der Waals surface area contributed by atoms with E-state index >= 15 is 0 Å². The van der Waals surface area contributed by atoms with Crippen LogP contribution in [0.25, 0.3) is 0 Å². The maximum absolute atomic E-state index is 3.55. The number of halogens is 1. The van der Waals surface area contributed by atoms with Gasteiger partial charge in [-0.25, -0.2) is 0 Å². The van der Waals surface area contributed by atoms with Crippen LogP contribution in [0.4, 0.5) is 5.69 Å². The van der Waals surface area contributed by atoms with Crippen molar-refractivity contribution in [3.63, 3.8) is 0 Å². The van der Waals surface area contributed by atoms with Gasteiger partial charge in [-0.1, -0.05) is 28.9 Å². The molecule has 0 aliphatic carbocycles. The topological polar surface area (TPSA) is 15.3 Å². The third-order valence-electron chi connectivity index (χ3n) is 2.99. The maximum Gasteiger partial charge on any atom is 0.0519 e. The Morgan fingerprint density at radius 1 is 1.32 bits per heavy atom. The van der Waals surface area contributed by atoms with Crippen molar-refractivity contribution in [1.29, 1.82) is 0 Å². The first-order valence-corrected chi connectivity index (χ1v) is 8.10. The largest absolute Gasteiger partial charge is 0.369 e. The Kier molecular flexibility index (Phi) is 5.43. The van der Waals surface area contributed by atoms with Crippen molar-refractivity contribution in [3.05, 3.63) is 50.6 Å². The van der Waals surface area contributed by atoms with Crippen molar-refractivity contribution in [1.82, 2.24) is 5.32 Å². The summed E-state index contributed by atoms with van der Waals surface area (Å²) in [5.41, 5.74) is 2.62. The van der Waals surface area contributed by atoms with E-state index in [4.69, 9.17) is 0 Å². The van der Waals surface area contributed by atoms with Gasteiger partial charge < -0.3 is 10.2 Å². The van der Waals surface area contributed by atoms with Gasteiger partial charge in [0.1, 0.15) is 0 Å². The zero-order valence-electron chi connectivity index (χ0n) is 11.3. The molecule has 0 radical (unpaired) electrons. The smallest absolute Gasteiger partial charge is 0.0519 e. The lowest BCUT2D eigenvalue weighted by Crippen LogP contribution is -2.20. The molecule has 0 aliphatic heterocycles. The first-order chi connectivity index (χ1) is 9.20. The van der Waals surface area contributed by atoms with Crippen molar-refractivity contribution in [2.45, 2.75) is 20.0 Å². The van der Waals surface area contributed by atoms with Gasteiger partial charge in [-0.05, 0) is 41.8 Å². The lowest BCUT2D eigenvalue weighted by atomic mass is 10.1. The highest BCUT2D eigenvalue weighted by Gasteiger charge is 2.09.